The van der Waals surface area contributed by atoms with E-state index >= 15 is 0 Å². The van der Waals surface area contributed by atoms with Gasteiger partial charge in [-0.05, 0) is 18.5 Å². The van der Waals surface area contributed by atoms with Crippen molar-refractivity contribution in [1.82, 2.24) is 4.90 Å². The van der Waals surface area contributed by atoms with Crippen LogP contribution in [-0.2, 0) is 9.59 Å². The molecule has 0 aromatic heterocycles. The third-order valence-electron chi connectivity index (χ3n) is 3.79. The van der Waals surface area contributed by atoms with E-state index in [-0.39, 0.29) is 5.91 Å². The molecular weight excluding hydrogens is 292 g/mol. The fraction of sp³-hybridized carbons (Fsp3) is 0.333. The monoisotopic (exact) mass is 314 g/mol. The molecule has 0 saturated carbocycles. The molecule has 2 aromatic carbocycles. The molecule has 0 bridgehead atoms. The summed E-state index contributed by atoms with van der Waals surface area (Å²) in [5.41, 5.74) is 0.801. The maximum absolute atomic E-state index is 12.1. The fourth-order valence-corrected chi connectivity index (χ4v) is 2.48. The number of carbonyl (C=O) groups excluding carboxylic acids is 1. The highest BCUT2D eigenvalue weighted by atomic mass is 16.4. The van der Waals surface area contributed by atoms with E-state index in [1.54, 1.807) is 6.92 Å². The molecule has 5 heteroatoms. The predicted molar refractivity (Wildman–Crippen MR) is 91.5 cm³/mol. The number of carboxylic acids is 1. The van der Waals surface area contributed by atoms with Gasteiger partial charge >= 0.3 is 5.97 Å². The first-order chi connectivity index (χ1) is 11.0. The molecule has 0 saturated heterocycles. The molecule has 0 radical (unpaired) electrons. The zero-order valence-corrected chi connectivity index (χ0v) is 13.5. The molecule has 0 spiro atoms. The lowest BCUT2D eigenvalue weighted by molar-refractivity contribution is -0.141. The number of fused-ring (bicyclic) bond motifs is 1. The van der Waals surface area contributed by atoms with E-state index in [2.05, 4.69) is 5.32 Å². The largest absolute Gasteiger partial charge is 0.481 e. The number of rotatable bonds is 7. The van der Waals surface area contributed by atoms with E-state index in [9.17, 15) is 9.59 Å². The summed E-state index contributed by atoms with van der Waals surface area (Å²) in [5.74, 6) is -1.34. The van der Waals surface area contributed by atoms with Crippen molar-refractivity contribution in [2.75, 3.05) is 25.5 Å². The van der Waals surface area contributed by atoms with Crippen LogP contribution in [0.4, 0.5) is 5.69 Å². The van der Waals surface area contributed by atoms with Crippen LogP contribution in [0.5, 0.6) is 0 Å². The van der Waals surface area contributed by atoms with E-state index in [0.29, 0.717) is 19.5 Å². The van der Waals surface area contributed by atoms with Gasteiger partial charge < -0.3 is 15.3 Å². The van der Waals surface area contributed by atoms with E-state index in [1.807, 2.05) is 54.4 Å². The minimum Gasteiger partial charge on any atom is -0.481 e. The van der Waals surface area contributed by atoms with Gasteiger partial charge in [-0.15, -0.1) is 0 Å². The Morgan fingerprint density at radius 3 is 2.61 bits per heavy atom. The second-order valence-electron chi connectivity index (χ2n) is 5.83. The van der Waals surface area contributed by atoms with Crippen molar-refractivity contribution >= 4 is 28.3 Å². The summed E-state index contributed by atoms with van der Waals surface area (Å²) in [6.07, 6.45) is 0.325. The number of hydrogen-bond acceptors (Lipinski definition) is 3. The highest BCUT2D eigenvalue weighted by Gasteiger charge is 2.14. The first-order valence-electron chi connectivity index (χ1n) is 7.66. The SMILES string of the molecule is CC(CN(C)CCC(=O)Nc1cccc2ccccc12)C(=O)O. The molecule has 122 valence electrons. The number of amides is 1. The molecule has 0 aliphatic carbocycles. The van der Waals surface area contributed by atoms with Crippen molar-refractivity contribution in [3.8, 4) is 0 Å². The topological polar surface area (TPSA) is 69.6 Å². The average Bonchev–Trinajstić information content (AvgIpc) is 2.53. The van der Waals surface area contributed by atoms with Crippen LogP contribution < -0.4 is 5.32 Å². The van der Waals surface area contributed by atoms with Gasteiger partial charge in [0.2, 0.25) is 5.91 Å². The maximum atomic E-state index is 12.1. The van der Waals surface area contributed by atoms with Crippen molar-refractivity contribution < 1.29 is 14.7 Å². The molecule has 1 atom stereocenters. The maximum Gasteiger partial charge on any atom is 0.307 e. The number of nitrogens with zero attached hydrogens (tertiary/aromatic N) is 1. The third kappa shape index (κ3) is 4.79. The summed E-state index contributed by atoms with van der Waals surface area (Å²) >= 11 is 0. The molecule has 1 amide bonds. The van der Waals surface area contributed by atoms with E-state index < -0.39 is 11.9 Å². The van der Waals surface area contributed by atoms with Crippen molar-refractivity contribution in [1.29, 1.82) is 0 Å². The second kappa shape index (κ2) is 7.74. The number of hydrogen-bond donors (Lipinski definition) is 2. The van der Waals surface area contributed by atoms with Gasteiger partial charge in [-0.25, -0.2) is 0 Å². The van der Waals surface area contributed by atoms with Crippen molar-refractivity contribution in [2.24, 2.45) is 5.92 Å². The van der Waals surface area contributed by atoms with Crippen LogP contribution in [0.1, 0.15) is 13.3 Å². The van der Waals surface area contributed by atoms with Gasteiger partial charge in [-0.2, -0.15) is 0 Å². The van der Waals surface area contributed by atoms with Crippen LogP contribution in [0, 0.1) is 5.92 Å². The molecule has 0 aliphatic heterocycles. The number of benzene rings is 2. The first kappa shape index (κ1) is 17.0. The van der Waals surface area contributed by atoms with Gasteiger partial charge in [0.1, 0.15) is 0 Å². The van der Waals surface area contributed by atoms with Crippen LogP contribution in [0.3, 0.4) is 0 Å². The summed E-state index contributed by atoms with van der Waals surface area (Å²) in [4.78, 5) is 24.8. The molecule has 0 aliphatic rings. The van der Waals surface area contributed by atoms with E-state index in [4.69, 9.17) is 5.11 Å². The number of carboxylic acid groups (broad SMARTS) is 1. The lowest BCUT2D eigenvalue weighted by Gasteiger charge is -2.18. The summed E-state index contributed by atoms with van der Waals surface area (Å²) in [5, 5.41) is 13.9. The summed E-state index contributed by atoms with van der Waals surface area (Å²) in [6.45, 7) is 2.61. The molecule has 23 heavy (non-hydrogen) atoms. The zero-order valence-electron chi connectivity index (χ0n) is 13.5. The van der Waals surface area contributed by atoms with Gasteiger partial charge in [0.05, 0.1) is 5.92 Å². The molecule has 0 fully saturated rings. The Bertz CT molecular complexity index is 694. The molecule has 2 aromatic rings. The Balaban J connectivity index is 1.90. The Hall–Kier alpha value is -2.40. The quantitative estimate of drug-likeness (QED) is 0.824. The lowest BCUT2D eigenvalue weighted by Crippen LogP contribution is -2.31. The first-order valence-corrected chi connectivity index (χ1v) is 7.66. The van der Waals surface area contributed by atoms with Gasteiger partial charge in [0, 0.05) is 30.6 Å². The Morgan fingerprint density at radius 1 is 1.17 bits per heavy atom. The highest BCUT2D eigenvalue weighted by Crippen LogP contribution is 2.22. The van der Waals surface area contributed by atoms with Crippen molar-refractivity contribution in [3.05, 3.63) is 42.5 Å². The molecule has 5 nitrogen and oxygen atoms in total. The van der Waals surface area contributed by atoms with E-state index in [1.165, 1.54) is 0 Å². The van der Waals surface area contributed by atoms with Crippen molar-refractivity contribution in [2.45, 2.75) is 13.3 Å². The average molecular weight is 314 g/mol. The van der Waals surface area contributed by atoms with Gasteiger partial charge in [-0.3, -0.25) is 9.59 Å². The number of anilines is 1. The van der Waals surface area contributed by atoms with E-state index in [0.717, 1.165) is 16.5 Å². The Morgan fingerprint density at radius 2 is 1.87 bits per heavy atom. The molecular formula is C18H22N2O3. The molecule has 0 heterocycles. The third-order valence-corrected chi connectivity index (χ3v) is 3.79. The number of aliphatic carboxylic acids is 1. The summed E-state index contributed by atoms with van der Waals surface area (Å²) < 4.78 is 0. The smallest absolute Gasteiger partial charge is 0.307 e. The molecule has 1 unspecified atom stereocenters. The minimum absolute atomic E-state index is 0.0730. The minimum atomic E-state index is -0.822. The normalized spacial score (nSPS) is 12.3. The Labute approximate surface area is 135 Å². The predicted octanol–water partition coefficient (Wildman–Crippen LogP) is 2.82. The van der Waals surface area contributed by atoms with Crippen LogP contribution >= 0.6 is 0 Å². The molecule has 2 N–H and O–H groups in total. The highest BCUT2D eigenvalue weighted by molar-refractivity contribution is 6.02. The van der Waals surface area contributed by atoms with Crippen LogP contribution in [-0.4, -0.2) is 42.0 Å². The van der Waals surface area contributed by atoms with Gasteiger partial charge in [0.25, 0.3) is 0 Å². The summed E-state index contributed by atoms with van der Waals surface area (Å²) in [7, 11) is 1.82. The lowest BCUT2D eigenvalue weighted by atomic mass is 10.1. The van der Waals surface area contributed by atoms with Gasteiger partial charge in [-0.1, -0.05) is 43.3 Å². The van der Waals surface area contributed by atoms with Crippen molar-refractivity contribution in [3.63, 3.8) is 0 Å². The van der Waals surface area contributed by atoms with Crippen LogP contribution in [0.25, 0.3) is 10.8 Å². The van der Waals surface area contributed by atoms with Crippen LogP contribution in [0.2, 0.25) is 0 Å². The second-order valence-corrected chi connectivity index (χ2v) is 5.83. The zero-order chi connectivity index (χ0) is 16.8. The molecule has 2 rings (SSSR count). The number of nitrogens with one attached hydrogen (secondary N) is 1. The standard InChI is InChI=1S/C18H22N2O3/c1-13(18(22)23)12-20(2)11-10-17(21)19-16-9-5-7-14-6-3-4-8-15(14)16/h3-9,13H,10-12H2,1-2H3,(H,19,21)(H,22,23). The number of carbonyl (C=O) groups is 2. The summed E-state index contributed by atoms with van der Waals surface area (Å²) in [6, 6.07) is 13.7. The van der Waals surface area contributed by atoms with Gasteiger partial charge in [0.15, 0.2) is 0 Å². The van der Waals surface area contributed by atoms with Crippen LogP contribution in [0.15, 0.2) is 42.5 Å². The Kier molecular flexibility index (Phi) is 5.71. The fourth-order valence-electron chi connectivity index (χ4n) is 2.48.